The fourth-order valence-electron chi connectivity index (χ4n) is 6.25. The highest BCUT2D eigenvalue weighted by Crippen LogP contribution is 2.46. The minimum atomic E-state index is -1.56. The van der Waals surface area contributed by atoms with Crippen molar-refractivity contribution in [2.75, 3.05) is 18.0 Å². The van der Waals surface area contributed by atoms with Gasteiger partial charge in [-0.1, -0.05) is 55.2 Å². The van der Waals surface area contributed by atoms with Crippen molar-refractivity contribution in [3.8, 4) is 28.8 Å². The summed E-state index contributed by atoms with van der Waals surface area (Å²) < 4.78 is 31.5. The fourth-order valence-corrected chi connectivity index (χ4v) is 6.84. The van der Waals surface area contributed by atoms with Gasteiger partial charge in [0.1, 0.15) is 33.1 Å². The Bertz CT molecular complexity index is 2050. The fraction of sp³-hybridized carbons (Fsp3) is 0.303. The number of amides is 1. The number of aromatic hydroxyl groups is 1. The van der Waals surface area contributed by atoms with Gasteiger partial charge in [-0.05, 0) is 50.5 Å². The van der Waals surface area contributed by atoms with E-state index in [9.17, 15) is 24.3 Å². The smallest absolute Gasteiger partial charge is 0.276 e. The molecule has 3 aromatic heterocycles. The Labute approximate surface area is 284 Å². The molecule has 5 rings (SSSR count). The van der Waals surface area contributed by atoms with Crippen LogP contribution in [-0.4, -0.2) is 55.6 Å². The topological polar surface area (TPSA) is 115 Å². The normalized spacial score (nSPS) is 16.6. The number of aryl methyl sites for hydroxylation is 1. The van der Waals surface area contributed by atoms with Crippen molar-refractivity contribution in [2.24, 2.45) is 0 Å². The summed E-state index contributed by atoms with van der Waals surface area (Å²) in [5.41, 5.74) is -0.557. The van der Waals surface area contributed by atoms with Crippen LogP contribution in [0.3, 0.4) is 0 Å². The van der Waals surface area contributed by atoms with Crippen LogP contribution < -0.4 is 10.5 Å². The summed E-state index contributed by atoms with van der Waals surface area (Å²) >= 11 is 18.6. The highest BCUT2D eigenvalue weighted by Gasteiger charge is 2.36. The number of phenolic OH excluding ortho intramolecular Hbond substituents is 1. The number of halogens is 5. The first-order valence-corrected chi connectivity index (χ1v) is 15.7. The number of benzene rings is 1. The van der Waals surface area contributed by atoms with Crippen LogP contribution in [0.5, 0.6) is 5.75 Å². The van der Waals surface area contributed by atoms with Crippen molar-refractivity contribution in [3.63, 3.8) is 0 Å². The second kappa shape index (κ2) is 12.8. The van der Waals surface area contributed by atoms with Crippen molar-refractivity contribution in [2.45, 2.75) is 52.6 Å². The van der Waals surface area contributed by atoms with Crippen LogP contribution in [0, 0.1) is 29.9 Å². The Kier molecular flexibility index (Phi) is 9.25. The number of rotatable bonds is 5. The van der Waals surface area contributed by atoms with E-state index >= 15 is 4.39 Å². The van der Waals surface area contributed by atoms with E-state index in [-0.39, 0.29) is 64.3 Å². The molecule has 1 saturated heterocycles. The third-order valence-electron chi connectivity index (χ3n) is 8.26. The Morgan fingerprint density at radius 1 is 1.15 bits per heavy atom. The molecule has 14 heteroatoms. The molecule has 0 radical (unpaired) electrons. The van der Waals surface area contributed by atoms with E-state index in [0.29, 0.717) is 16.9 Å². The maximum Gasteiger partial charge on any atom is 0.276 e. The van der Waals surface area contributed by atoms with E-state index in [1.807, 2.05) is 32.6 Å². The third kappa shape index (κ3) is 5.48. The number of nitriles is 1. The number of carbonyl (C=O) groups is 1. The van der Waals surface area contributed by atoms with Crippen molar-refractivity contribution in [1.29, 1.82) is 5.26 Å². The van der Waals surface area contributed by atoms with Gasteiger partial charge in [0.05, 0.1) is 33.3 Å². The number of piperazine rings is 1. The second-order valence-electron chi connectivity index (χ2n) is 11.7. The summed E-state index contributed by atoms with van der Waals surface area (Å²) in [4.78, 5) is 39.7. The number of hydrogen-bond donors (Lipinski definition) is 1. The van der Waals surface area contributed by atoms with Gasteiger partial charge in [-0.3, -0.25) is 19.1 Å². The first-order chi connectivity index (χ1) is 22.2. The molecule has 0 aliphatic carbocycles. The molecule has 1 fully saturated rings. The van der Waals surface area contributed by atoms with E-state index in [4.69, 9.17) is 34.8 Å². The van der Waals surface area contributed by atoms with Crippen LogP contribution in [-0.2, 0) is 4.79 Å². The Balaban J connectivity index is 1.95. The molecule has 1 aliphatic rings. The van der Waals surface area contributed by atoms with Crippen LogP contribution in [0.1, 0.15) is 50.4 Å². The number of phenols is 1. The lowest BCUT2D eigenvalue weighted by Gasteiger charge is -2.45. The number of anilines is 1. The van der Waals surface area contributed by atoms with Crippen molar-refractivity contribution < 1.29 is 18.7 Å². The molecular weight excluding hydrogens is 673 g/mol. The number of pyridine rings is 3. The summed E-state index contributed by atoms with van der Waals surface area (Å²) in [5, 5.41) is 19.8. The average Bonchev–Trinajstić information content (AvgIpc) is 3.02. The zero-order chi connectivity index (χ0) is 34.6. The zero-order valence-electron chi connectivity index (χ0n) is 26.0. The van der Waals surface area contributed by atoms with Crippen LogP contribution in [0.2, 0.25) is 15.1 Å². The largest absolute Gasteiger partial charge is 0.506 e. The minimum Gasteiger partial charge on any atom is -0.506 e. The Hall–Kier alpha value is -4.24. The minimum absolute atomic E-state index is 0.0726. The predicted octanol–water partition coefficient (Wildman–Crippen LogP) is 7.31. The summed E-state index contributed by atoms with van der Waals surface area (Å²) in [7, 11) is 0. The van der Waals surface area contributed by atoms with Gasteiger partial charge < -0.3 is 14.9 Å². The van der Waals surface area contributed by atoms with Crippen molar-refractivity contribution in [3.05, 3.63) is 84.9 Å². The van der Waals surface area contributed by atoms with Gasteiger partial charge >= 0.3 is 0 Å². The van der Waals surface area contributed by atoms with E-state index in [0.717, 1.165) is 0 Å². The first kappa shape index (κ1) is 34.1. The Morgan fingerprint density at radius 3 is 2.36 bits per heavy atom. The van der Waals surface area contributed by atoms with E-state index < -0.39 is 44.2 Å². The predicted molar refractivity (Wildman–Crippen MR) is 179 cm³/mol. The van der Waals surface area contributed by atoms with Gasteiger partial charge in [-0.2, -0.15) is 5.26 Å². The summed E-state index contributed by atoms with van der Waals surface area (Å²) in [6.07, 6.45) is 2.82. The molecule has 1 aromatic carbocycles. The maximum atomic E-state index is 15.5. The number of aromatic nitrogens is 3. The van der Waals surface area contributed by atoms with Gasteiger partial charge in [0.15, 0.2) is 11.6 Å². The zero-order valence-corrected chi connectivity index (χ0v) is 28.3. The molecule has 2 atom stereocenters. The molecule has 1 N–H and O–H groups in total. The molecule has 1 amide bonds. The van der Waals surface area contributed by atoms with Crippen molar-refractivity contribution in [1.82, 2.24) is 19.4 Å². The molecule has 9 nitrogen and oxygen atoms in total. The van der Waals surface area contributed by atoms with Crippen LogP contribution in [0.4, 0.5) is 14.5 Å². The highest BCUT2D eigenvalue weighted by atomic mass is 35.5. The summed E-state index contributed by atoms with van der Waals surface area (Å²) in [6, 6.07) is 4.43. The monoisotopic (exact) mass is 700 g/mol. The molecule has 244 valence electrons. The average molecular weight is 702 g/mol. The van der Waals surface area contributed by atoms with Crippen molar-refractivity contribution >= 4 is 57.4 Å². The number of fused-ring (bicyclic) bond motifs is 1. The molecule has 4 heterocycles. The summed E-state index contributed by atoms with van der Waals surface area (Å²) in [6.45, 7) is 13.2. The van der Waals surface area contributed by atoms with Crippen LogP contribution >= 0.6 is 34.8 Å². The summed E-state index contributed by atoms with van der Waals surface area (Å²) in [5.74, 6) is -4.44. The number of carbonyl (C=O) groups excluding carboxylic acids is 1. The molecule has 0 saturated carbocycles. The van der Waals surface area contributed by atoms with E-state index in [1.165, 1.54) is 16.7 Å². The van der Waals surface area contributed by atoms with E-state index in [2.05, 4.69) is 22.6 Å². The molecule has 0 spiro atoms. The molecule has 0 bridgehead atoms. The third-order valence-corrected chi connectivity index (χ3v) is 9.36. The number of nitrogens with zero attached hydrogens (tertiary/aromatic N) is 6. The Morgan fingerprint density at radius 2 is 1.79 bits per heavy atom. The standard InChI is InChI=1S/C33H29Cl3F2N6O3/c1-7-21(45)43-16(5)12-42(13-17(43)6)30-18-10-20(34)28(22-25(37)26(38)23(35)24(36)31(22)46)41-32(18)44(33(47)19(30)11-39)29-15(4)8-9-40-27(29)14(2)3/h7-10,14,16-17,46H,1,12-13H2,2-6H3/t16-,17+. The lowest BCUT2D eigenvalue weighted by molar-refractivity contribution is -0.130. The first-order valence-electron chi connectivity index (χ1n) is 14.6. The molecule has 1 aliphatic heterocycles. The second-order valence-corrected chi connectivity index (χ2v) is 12.9. The maximum absolute atomic E-state index is 15.5. The van der Waals surface area contributed by atoms with E-state index in [1.54, 1.807) is 24.1 Å². The molecule has 47 heavy (non-hydrogen) atoms. The molecule has 0 unspecified atom stereocenters. The van der Waals surface area contributed by atoms with Gasteiger partial charge in [0, 0.05) is 36.8 Å². The van der Waals surface area contributed by atoms with Gasteiger partial charge in [0.2, 0.25) is 5.91 Å². The van der Waals surface area contributed by atoms with Gasteiger partial charge in [-0.25, -0.2) is 13.8 Å². The van der Waals surface area contributed by atoms with Gasteiger partial charge in [0.25, 0.3) is 5.56 Å². The molecular formula is C33H29Cl3F2N6O3. The SMILES string of the molecule is C=CC(=O)N1[C@H](C)CN(c2c(C#N)c(=O)n(-c3c(C)ccnc3C(C)C)c3nc(-c4c(O)c(Cl)c(Cl)c(F)c4F)c(Cl)cc23)C[C@@H]1C. The highest BCUT2D eigenvalue weighted by molar-refractivity contribution is 6.43. The number of hydrogen-bond acceptors (Lipinski definition) is 7. The van der Waals surface area contributed by atoms with Crippen LogP contribution in [0.25, 0.3) is 28.0 Å². The lowest BCUT2D eigenvalue weighted by Crippen LogP contribution is -2.58. The quantitative estimate of drug-likeness (QED) is 0.132. The van der Waals surface area contributed by atoms with Gasteiger partial charge in [-0.15, -0.1) is 0 Å². The molecule has 4 aromatic rings. The van der Waals surface area contributed by atoms with Crippen LogP contribution in [0.15, 0.2) is 35.8 Å². The lowest BCUT2D eigenvalue weighted by atomic mass is 10.0.